The second kappa shape index (κ2) is 6.53. The lowest BCUT2D eigenvalue weighted by atomic mass is 10.1. The Morgan fingerprint density at radius 1 is 1.38 bits per heavy atom. The van der Waals surface area contributed by atoms with Crippen LogP contribution in [0.3, 0.4) is 0 Å². The number of nitrogens with one attached hydrogen (secondary N) is 1. The van der Waals surface area contributed by atoms with Crippen molar-refractivity contribution in [2.75, 3.05) is 19.3 Å². The van der Waals surface area contributed by atoms with Crippen LogP contribution < -0.4 is 5.32 Å². The van der Waals surface area contributed by atoms with E-state index < -0.39 is 16.1 Å². The van der Waals surface area contributed by atoms with Crippen LogP contribution in [-0.2, 0) is 21.2 Å². The lowest BCUT2D eigenvalue weighted by molar-refractivity contribution is -0.124. The maximum atomic E-state index is 12.8. The zero-order chi connectivity index (χ0) is 15.5. The summed E-state index contributed by atoms with van der Waals surface area (Å²) in [6.07, 6.45) is 2.95. The largest absolute Gasteiger partial charge is 0.354 e. The number of hydrogen-bond acceptors (Lipinski definition) is 3. The molecule has 1 aromatic carbocycles. The molecule has 1 aliphatic rings. The number of carbonyl (C=O) groups excluding carboxylic acids is 1. The Morgan fingerprint density at radius 2 is 2.05 bits per heavy atom. The molecular formula is C14H19FN2O3S. The van der Waals surface area contributed by atoms with Crippen molar-refractivity contribution < 1.29 is 17.6 Å². The molecule has 2 rings (SSSR count). The minimum absolute atomic E-state index is 0.264. The number of halogens is 1. The quantitative estimate of drug-likeness (QED) is 0.878. The third-order valence-electron chi connectivity index (χ3n) is 3.56. The number of amides is 1. The molecule has 7 heteroatoms. The van der Waals surface area contributed by atoms with Crippen molar-refractivity contribution in [2.24, 2.45) is 0 Å². The van der Waals surface area contributed by atoms with E-state index in [1.54, 1.807) is 12.1 Å². The van der Waals surface area contributed by atoms with Gasteiger partial charge in [0, 0.05) is 13.1 Å². The SMILES string of the molecule is CS(=O)(=O)N1CCC[C@H]1C(=O)NCCc1ccc(F)cc1. The first kappa shape index (κ1) is 15.9. The van der Waals surface area contributed by atoms with Crippen molar-refractivity contribution in [3.8, 4) is 0 Å². The van der Waals surface area contributed by atoms with Crippen LogP contribution in [0.4, 0.5) is 4.39 Å². The van der Waals surface area contributed by atoms with Gasteiger partial charge >= 0.3 is 0 Å². The van der Waals surface area contributed by atoms with E-state index in [1.165, 1.54) is 16.4 Å². The molecule has 0 spiro atoms. The van der Waals surface area contributed by atoms with Gasteiger partial charge in [0.25, 0.3) is 0 Å². The third-order valence-corrected chi connectivity index (χ3v) is 4.85. The molecule has 1 saturated heterocycles. The summed E-state index contributed by atoms with van der Waals surface area (Å²) in [5.41, 5.74) is 0.920. The van der Waals surface area contributed by atoms with Gasteiger partial charge in [-0.25, -0.2) is 12.8 Å². The predicted molar refractivity (Wildman–Crippen MR) is 77.7 cm³/mol. The summed E-state index contributed by atoms with van der Waals surface area (Å²) < 4.78 is 37.2. The molecule has 0 radical (unpaired) electrons. The molecule has 1 amide bonds. The summed E-state index contributed by atoms with van der Waals surface area (Å²) in [5.74, 6) is -0.558. The van der Waals surface area contributed by atoms with Gasteiger partial charge in [-0.3, -0.25) is 4.79 Å². The molecule has 0 bridgehead atoms. The summed E-state index contributed by atoms with van der Waals surface area (Å²) in [6, 6.07) is 5.48. The summed E-state index contributed by atoms with van der Waals surface area (Å²) in [6.45, 7) is 0.799. The highest BCUT2D eigenvalue weighted by molar-refractivity contribution is 7.88. The van der Waals surface area contributed by atoms with Crippen molar-refractivity contribution >= 4 is 15.9 Å². The van der Waals surface area contributed by atoms with Crippen molar-refractivity contribution in [2.45, 2.75) is 25.3 Å². The number of benzene rings is 1. The van der Waals surface area contributed by atoms with E-state index >= 15 is 0 Å². The molecular weight excluding hydrogens is 295 g/mol. The molecule has 0 aliphatic carbocycles. The van der Waals surface area contributed by atoms with E-state index in [9.17, 15) is 17.6 Å². The molecule has 0 saturated carbocycles. The van der Waals surface area contributed by atoms with Gasteiger partial charge in [-0.2, -0.15) is 4.31 Å². The highest BCUT2D eigenvalue weighted by Gasteiger charge is 2.36. The van der Waals surface area contributed by atoms with Crippen LogP contribution in [0.2, 0.25) is 0 Å². The highest BCUT2D eigenvalue weighted by atomic mass is 32.2. The Kier molecular flexibility index (Phi) is 4.95. The van der Waals surface area contributed by atoms with E-state index in [1.807, 2.05) is 0 Å². The fourth-order valence-electron chi connectivity index (χ4n) is 2.50. The van der Waals surface area contributed by atoms with E-state index in [-0.39, 0.29) is 11.7 Å². The van der Waals surface area contributed by atoms with Crippen LogP contribution >= 0.6 is 0 Å². The Balaban J connectivity index is 1.86. The van der Waals surface area contributed by atoms with E-state index in [0.29, 0.717) is 32.4 Å². The topological polar surface area (TPSA) is 66.5 Å². The lowest BCUT2D eigenvalue weighted by Gasteiger charge is -2.21. The highest BCUT2D eigenvalue weighted by Crippen LogP contribution is 2.20. The number of hydrogen-bond donors (Lipinski definition) is 1. The van der Waals surface area contributed by atoms with Crippen LogP contribution in [0.15, 0.2) is 24.3 Å². The number of sulfonamides is 1. The molecule has 1 atom stereocenters. The first-order valence-corrected chi connectivity index (χ1v) is 8.72. The van der Waals surface area contributed by atoms with Gasteiger partial charge in [-0.15, -0.1) is 0 Å². The van der Waals surface area contributed by atoms with Gasteiger partial charge in [0.15, 0.2) is 0 Å². The number of nitrogens with zero attached hydrogens (tertiary/aromatic N) is 1. The van der Waals surface area contributed by atoms with Crippen LogP contribution in [0, 0.1) is 5.82 Å². The second-order valence-corrected chi connectivity index (χ2v) is 7.13. The van der Waals surface area contributed by atoms with Crippen molar-refractivity contribution in [1.29, 1.82) is 0 Å². The predicted octanol–water partition coefficient (Wildman–Crippen LogP) is 0.908. The first-order chi connectivity index (χ1) is 9.88. The van der Waals surface area contributed by atoms with Crippen LogP contribution in [0.1, 0.15) is 18.4 Å². The zero-order valence-electron chi connectivity index (χ0n) is 11.9. The molecule has 0 aromatic heterocycles. The van der Waals surface area contributed by atoms with Crippen LogP contribution in [0.25, 0.3) is 0 Å². The fraction of sp³-hybridized carbons (Fsp3) is 0.500. The Hall–Kier alpha value is -1.47. The van der Waals surface area contributed by atoms with Crippen LogP contribution in [0.5, 0.6) is 0 Å². The van der Waals surface area contributed by atoms with E-state index in [2.05, 4.69) is 5.32 Å². The number of carbonyl (C=O) groups is 1. The van der Waals surface area contributed by atoms with Gasteiger partial charge in [0.2, 0.25) is 15.9 Å². The van der Waals surface area contributed by atoms with Gasteiger partial charge in [0.05, 0.1) is 6.26 Å². The Bertz CT molecular complexity index is 601. The molecule has 1 heterocycles. The maximum Gasteiger partial charge on any atom is 0.238 e. The van der Waals surface area contributed by atoms with E-state index in [4.69, 9.17) is 0 Å². The van der Waals surface area contributed by atoms with Gasteiger partial charge in [-0.1, -0.05) is 12.1 Å². The second-order valence-electron chi connectivity index (χ2n) is 5.20. The first-order valence-electron chi connectivity index (χ1n) is 6.87. The normalized spacial score (nSPS) is 19.6. The molecule has 5 nitrogen and oxygen atoms in total. The fourth-order valence-corrected chi connectivity index (χ4v) is 3.62. The van der Waals surface area contributed by atoms with Gasteiger partial charge in [0.1, 0.15) is 11.9 Å². The standard InChI is InChI=1S/C14H19FN2O3S/c1-21(19,20)17-10-2-3-13(17)14(18)16-9-8-11-4-6-12(15)7-5-11/h4-7,13H,2-3,8-10H2,1H3,(H,16,18)/t13-/m0/s1. The molecule has 21 heavy (non-hydrogen) atoms. The summed E-state index contributed by atoms with van der Waals surface area (Å²) >= 11 is 0. The molecule has 116 valence electrons. The monoisotopic (exact) mass is 314 g/mol. The zero-order valence-corrected chi connectivity index (χ0v) is 12.7. The molecule has 1 fully saturated rings. The summed E-state index contributed by atoms with van der Waals surface area (Å²) in [4.78, 5) is 12.1. The minimum atomic E-state index is -3.35. The van der Waals surface area contributed by atoms with Crippen LogP contribution in [-0.4, -0.2) is 44.0 Å². The molecule has 1 aromatic rings. The smallest absolute Gasteiger partial charge is 0.238 e. The number of rotatable bonds is 5. The molecule has 1 N–H and O–H groups in total. The van der Waals surface area contributed by atoms with Gasteiger partial charge < -0.3 is 5.32 Å². The van der Waals surface area contributed by atoms with Crippen molar-refractivity contribution in [3.05, 3.63) is 35.6 Å². The minimum Gasteiger partial charge on any atom is -0.354 e. The molecule has 1 aliphatic heterocycles. The Labute approximate surface area is 124 Å². The Morgan fingerprint density at radius 3 is 2.67 bits per heavy atom. The lowest BCUT2D eigenvalue weighted by Crippen LogP contribution is -2.45. The summed E-state index contributed by atoms with van der Waals surface area (Å²) in [5, 5.41) is 2.75. The average molecular weight is 314 g/mol. The maximum absolute atomic E-state index is 12.8. The summed E-state index contributed by atoms with van der Waals surface area (Å²) in [7, 11) is -3.35. The third kappa shape index (κ3) is 4.25. The van der Waals surface area contributed by atoms with Crippen molar-refractivity contribution in [1.82, 2.24) is 9.62 Å². The van der Waals surface area contributed by atoms with E-state index in [0.717, 1.165) is 11.8 Å². The van der Waals surface area contributed by atoms with Gasteiger partial charge in [-0.05, 0) is 37.0 Å². The average Bonchev–Trinajstić information content (AvgIpc) is 2.90. The molecule has 0 unspecified atom stereocenters. The van der Waals surface area contributed by atoms with Crippen molar-refractivity contribution in [3.63, 3.8) is 0 Å².